The molecule has 0 radical (unpaired) electrons. The maximum Gasteiger partial charge on any atom is 0.0516 e. The van der Waals surface area contributed by atoms with E-state index in [1.54, 1.807) is 0 Å². The van der Waals surface area contributed by atoms with Crippen molar-refractivity contribution in [3.8, 4) is 0 Å². The lowest BCUT2D eigenvalue weighted by Gasteiger charge is -2.27. The fourth-order valence-electron chi connectivity index (χ4n) is 5.24. The SMILES string of the molecule is Cc1cc(C)cc(N(c2ccc(CCCC3COC3)cc2)c2ccc(CCCC3COC3)cc2)c1. The zero-order valence-corrected chi connectivity index (χ0v) is 21.3. The van der Waals surface area contributed by atoms with E-state index in [0.29, 0.717) is 0 Å². The van der Waals surface area contributed by atoms with Gasteiger partial charge in [-0.25, -0.2) is 0 Å². The Morgan fingerprint density at radius 2 is 1.03 bits per heavy atom. The van der Waals surface area contributed by atoms with Crippen LogP contribution in [0.25, 0.3) is 0 Å². The molecule has 2 saturated heterocycles. The number of nitrogens with zero attached hydrogens (tertiary/aromatic N) is 1. The molecule has 0 unspecified atom stereocenters. The summed E-state index contributed by atoms with van der Waals surface area (Å²) in [6, 6.07) is 25.2. The number of ether oxygens (including phenoxy) is 2. The van der Waals surface area contributed by atoms with Gasteiger partial charge in [0.15, 0.2) is 0 Å². The summed E-state index contributed by atoms with van der Waals surface area (Å²) in [5.74, 6) is 1.56. The third-order valence-electron chi connectivity index (χ3n) is 7.42. The van der Waals surface area contributed by atoms with Gasteiger partial charge in [-0.05, 0) is 111 Å². The highest BCUT2D eigenvalue weighted by molar-refractivity contribution is 5.77. The van der Waals surface area contributed by atoms with Crippen molar-refractivity contribution in [1.29, 1.82) is 0 Å². The smallest absolute Gasteiger partial charge is 0.0516 e. The zero-order chi connectivity index (χ0) is 24.0. The molecule has 0 N–H and O–H groups in total. The molecular formula is C32H39NO2. The van der Waals surface area contributed by atoms with Crippen molar-refractivity contribution in [2.24, 2.45) is 11.8 Å². The van der Waals surface area contributed by atoms with Crippen LogP contribution in [0.5, 0.6) is 0 Å². The second-order valence-corrected chi connectivity index (χ2v) is 10.6. The van der Waals surface area contributed by atoms with Crippen LogP contribution in [0.2, 0.25) is 0 Å². The van der Waals surface area contributed by atoms with Crippen molar-refractivity contribution in [3.05, 3.63) is 89.0 Å². The largest absolute Gasteiger partial charge is 0.381 e. The van der Waals surface area contributed by atoms with Gasteiger partial charge < -0.3 is 14.4 Å². The Bertz CT molecular complexity index is 998. The predicted molar refractivity (Wildman–Crippen MR) is 145 cm³/mol. The van der Waals surface area contributed by atoms with Crippen LogP contribution in [-0.2, 0) is 22.3 Å². The number of benzene rings is 3. The molecule has 2 heterocycles. The molecule has 3 nitrogen and oxygen atoms in total. The average Bonchev–Trinajstić information content (AvgIpc) is 2.79. The van der Waals surface area contributed by atoms with Crippen molar-refractivity contribution in [2.75, 3.05) is 31.3 Å². The summed E-state index contributed by atoms with van der Waals surface area (Å²) >= 11 is 0. The van der Waals surface area contributed by atoms with Crippen molar-refractivity contribution >= 4 is 17.1 Å². The molecule has 3 aromatic carbocycles. The van der Waals surface area contributed by atoms with Crippen LogP contribution in [0.4, 0.5) is 17.1 Å². The number of rotatable bonds is 11. The molecule has 2 aliphatic heterocycles. The van der Waals surface area contributed by atoms with Crippen molar-refractivity contribution in [2.45, 2.75) is 52.4 Å². The van der Waals surface area contributed by atoms with E-state index < -0.39 is 0 Å². The molecule has 2 aliphatic rings. The molecule has 3 aromatic rings. The quantitative estimate of drug-likeness (QED) is 0.287. The molecule has 0 aliphatic carbocycles. The summed E-state index contributed by atoms with van der Waals surface area (Å²) in [5.41, 5.74) is 9.06. The number of hydrogen-bond acceptors (Lipinski definition) is 3. The summed E-state index contributed by atoms with van der Waals surface area (Å²) in [6.45, 7) is 8.19. The van der Waals surface area contributed by atoms with E-state index in [-0.39, 0.29) is 0 Å². The van der Waals surface area contributed by atoms with Gasteiger partial charge in [0.2, 0.25) is 0 Å². The molecule has 0 amide bonds. The van der Waals surface area contributed by atoms with Gasteiger partial charge in [-0.1, -0.05) is 30.3 Å². The predicted octanol–water partition coefficient (Wildman–Crippen LogP) is 7.71. The molecule has 3 heteroatoms. The highest BCUT2D eigenvalue weighted by atomic mass is 16.5. The Kier molecular flexibility index (Phi) is 7.85. The van der Waals surface area contributed by atoms with Gasteiger partial charge in [-0.2, -0.15) is 0 Å². The Labute approximate surface area is 211 Å². The van der Waals surface area contributed by atoms with Crippen molar-refractivity contribution in [1.82, 2.24) is 0 Å². The Balaban J connectivity index is 1.31. The van der Waals surface area contributed by atoms with Gasteiger partial charge in [0.1, 0.15) is 0 Å². The molecule has 0 saturated carbocycles. The van der Waals surface area contributed by atoms with E-state index in [0.717, 1.165) is 51.1 Å². The summed E-state index contributed by atoms with van der Waals surface area (Å²) < 4.78 is 10.6. The molecular weight excluding hydrogens is 430 g/mol. The van der Waals surface area contributed by atoms with Crippen molar-refractivity contribution in [3.63, 3.8) is 0 Å². The van der Waals surface area contributed by atoms with Crippen LogP contribution in [0.15, 0.2) is 66.7 Å². The third kappa shape index (κ3) is 6.34. The fraction of sp³-hybridized carbons (Fsp3) is 0.438. The van der Waals surface area contributed by atoms with Crippen LogP contribution in [0.1, 0.15) is 47.9 Å². The minimum Gasteiger partial charge on any atom is -0.381 e. The minimum absolute atomic E-state index is 0.782. The molecule has 0 aromatic heterocycles. The van der Waals surface area contributed by atoms with Crippen LogP contribution >= 0.6 is 0 Å². The first-order valence-electron chi connectivity index (χ1n) is 13.4. The van der Waals surface area contributed by atoms with Crippen LogP contribution in [0, 0.1) is 25.7 Å². The molecule has 2 fully saturated rings. The molecule has 35 heavy (non-hydrogen) atoms. The highest BCUT2D eigenvalue weighted by Crippen LogP contribution is 2.36. The zero-order valence-electron chi connectivity index (χ0n) is 21.3. The summed E-state index contributed by atoms with van der Waals surface area (Å²) in [4.78, 5) is 2.39. The highest BCUT2D eigenvalue weighted by Gasteiger charge is 2.18. The van der Waals surface area contributed by atoms with Crippen LogP contribution in [0.3, 0.4) is 0 Å². The Hall–Kier alpha value is -2.62. The summed E-state index contributed by atoms with van der Waals surface area (Å²) in [6.07, 6.45) is 7.31. The van der Waals surface area contributed by atoms with Crippen LogP contribution in [-0.4, -0.2) is 26.4 Å². The second-order valence-electron chi connectivity index (χ2n) is 10.6. The summed E-state index contributed by atoms with van der Waals surface area (Å²) in [5, 5.41) is 0. The van der Waals surface area contributed by atoms with E-state index >= 15 is 0 Å². The Morgan fingerprint density at radius 1 is 0.600 bits per heavy atom. The minimum atomic E-state index is 0.782. The molecule has 0 spiro atoms. The van der Waals surface area contributed by atoms with E-state index in [4.69, 9.17) is 9.47 Å². The van der Waals surface area contributed by atoms with E-state index in [2.05, 4.69) is 85.5 Å². The number of anilines is 3. The summed E-state index contributed by atoms with van der Waals surface area (Å²) in [7, 11) is 0. The lowest BCUT2D eigenvalue weighted by molar-refractivity contribution is -0.0362. The second kappa shape index (κ2) is 11.4. The molecule has 0 bridgehead atoms. The van der Waals surface area contributed by atoms with Crippen LogP contribution < -0.4 is 4.90 Å². The van der Waals surface area contributed by atoms with Gasteiger partial charge in [0.25, 0.3) is 0 Å². The molecule has 5 rings (SSSR count). The van der Waals surface area contributed by atoms with Gasteiger partial charge >= 0.3 is 0 Å². The van der Waals surface area contributed by atoms with Gasteiger partial charge in [-0.3, -0.25) is 0 Å². The van der Waals surface area contributed by atoms with Gasteiger partial charge in [0.05, 0.1) is 26.4 Å². The molecule has 0 atom stereocenters. The third-order valence-corrected chi connectivity index (χ3v) is 7.42. The van der Waals surface area contributed by atoms with Gasteiger partial charge in [-0.15, -0.1) is 0 Å². The Morgan fingerprint density at radius 3 is 1.40 bits per heavy atom. The number of hydrogen-bond donors (Lipinski definition) is 0. The van der Waals surface area contributed by atoms with E-state index in [1.165, 1.54) is 65.0 Å². The maximum atomic E-state index is 5.31. The average molecular weight is 470 g/mol. The maximum absolute atomic E-state index is 5.31. The van der Waals surface area contributed by atoms with E-state index in [1.807, 2.05) is 0 Å². The first-order valence-corrected chi connectivity index (χ1v) is 13.4. The topological polar surface area (TPSA) is 21.7 Å². The van der Waals surface area contributed by atoms with Gasteiger partial charge in [0, 0.05) is 28.9 Å². The van der Waals surface area contributed by atoms with E-state index in [9.17, 15) is 0 Å². The monoisotopic (exact) mass is 469 g/mol. The first kappa shape index (κ1) is 24.1. The lowest BCUT2D eigenvalue weighted by atomic mass is 9.98. The first-order chi connectivity index (χ1) is 17.1. The molecule has 184 valence electrons. The van der Waals surface area contributed by atoms with Crippen molar-refractivity contribution < 1.29 is 9.47 Å². The lowest BCUT2D eigenvalue weighted by Crippen LogP contribution is -2.27. The standard InChI is InChI=1S/C32H39NO2/c1-24-17-25(2)19-32(18-24)33(30-13-9-26(10-14-30)5-3-7-28-20-34-21-28)31-15-11-27(12-16-31)6-4-8-29-22-35-23-29/h9-19,28-29H,3-8,20-23H2,1-2H3. The number of aryl methyl sites for hydroxylation is 4. The normalized spacial score (nSPS) is 16.1. The fourth-order valence-corrected chi connectivity index (χ4v) is 5.24.